The van der Waals surface area contributed by atoms with Crippen molar-refractivity contribution in [2.24, 2.45) is 0 Å². The maximum atomic E-state index is 5.75. The first kappa shape index (κ1) is 17.7. The number of furan rings is 1. The molecule has 0 bridgehead atoms. The molecule has 0 saturated carbocycles. The van der Waals surface area contributed by atoms with E-state index in [2.05, 4.69) is 32.0 Å². The van der Waals surface area contributed by atoms with Gasteiger partial charge in [-0.05, 0) is 50.5 Å². The Morgan fingerprint density at radius 1 is 1.07 bits per heavy atom. The predicted octanol–water partition coefficient (Wildman–Crippen LogP) is 4.59. The number of benzene rings is 1. The summed E-state index contributed by atoms with van der Waals surface area (Å²) in [6.07, 6.45) is 5.37. The summed E-state index contributed by atoms with van der Waals surface area (Å²) in [5.74, 6) is 2.79. The average molecular weight is 389 g/mol. The van der Waals surface area contributed by atoms with Gasteiger partial charge in [0, 0.05) is 30.4 Å². The van der Waals surface area contributed by atoms with Crippen molar-refractivity contribution in [3.63, 3.8) is 0 Å². The van der Waals surface area contributed by atoms with Gasteiger partial charge in [-0.15, -0.1) is 0 Å². The van der Waals surface area contributed by atoms with Gasteiger partial charge in [0.25, 0.3) is 0 Å². The van der Waals surface area contributed by atoms with Crippen molar-refractivity contribution in [3.05, 3.63) is 42.4 Å². The summed E-state index contributed by atoms with van der Waals surface area (Å²) in [7, 11) is 1.70. The van der Waals surface area contributed by atoms with E-state index in [0.717, 1.165) is 47.1 Å². The molecule has 7 heteroatoms. The minimum atomic E-state index is 0.523. The molecule has 148 valence electrons. The Morgan fingerprint density at radius 2 is 1.93 bits per heavy atom. The lowest BCUT2D eigenvalue weighted by atomic mass is 10.1. The minimum Gasteiger partial charge on any atom is -0.497 e. The number of imidazole rings is 1. The van der Waals surface area contributed by atoms with E-state index >= 15 is 0 Å². The molecule has 1 aromatic carbocycles. The standard InChI is InChI=1S/C22H23N5O2/c1-14-6-7-18(29-14)21-25-19(20-22(26-21)24-13-23-20)15-10-16(12-17(11-15)28-2)27-8-4-3-5-9-27/h6-7,10-13H,3-5,8-9H2,1-2H3,(H,23,24,25,26). The highest BCUT2D eigenvalue weighted by molar-refractivity contribution is 5.89. The zero-order valence-corrected chi connectivity index (χ0v) is 16.6. The Hall–Kier alpha value is -3.35. The molecule has 4 aromatic rings. The number of fused-ring (bicyclic) bond motifs is 1. The Balaban J connectivity index is 1.67. The van der Waals surface area contributed by atoms with E-state index in [9.17, 15) is 0 Å². The second kappa shape index (κ2) is 7.24. The number of piperidine rings is 1. The summed E-state index contributed by atoms with van der Waals surface area (Å²) in [6.45, 7) is 4.03. The molecule has 0 spiro atoms. The summed E-state index contributed by atoms with van der Waals surface area (Å²) < 4.78 is 11.4. The number of rotatable bonds is 4. The van der Waals surface area contributed by atoms with Crippen molar-refractivity contribution in [2.45, 2.75) is 26.2 Å². The number of aromatic nitrogens is 4. The van der Waals surface area contributed by atoms with Crippen molar-refractivity contribution >= 4 is 16.9 Å². The van der Waals surface area contributed by atoms with Gasteiger partial charge in [0.15, 0.2) is 17.2 Å². The van der Waals surface area contributed by atoms with Gasteiger partial charge in [-0.3, -0.25) is 0 Å². The molecule has 0 radical (unpaired) electrons. The van der Waals surface area contributed by atoms with E-state index in [0.29, 0.717) is 17.2 Å². The van der Waals surface area contributed by atoms with E-state index in [-0.39, 0.29) is 0 Å². The van der Waals surface area contributed by atoms with E-state index in [1.165, 1.54) is 19.3 Å². The fourth-order valence-corrected chi connectivity index (χ4v) is 3.88. The van der Waals surface area contributed by atoms with Gasteiger partial charge >= 0.3 is 0 Å². The van der Waals surface area contributed by atoms with Gasteiger partial charge in [0.1, 0.15) is 22.7 Å². The fraction of sp³-hybridized carbons (Fsp3) is 0.318. The summed E-state index contributed by atoms with van der Waals surface area (Å²) >= 11 is 0. The number of hydrogen-bond acceptors (Lipinski definition) is 6. The molecule has 1 fully saturated rings. The Labute approximate surface area is 168 Å². The van der Waals surface area contributed by atoms with Gasteiger partial charge in [0.05, 0.1) is 13.4 Å². The van der Waals surface area contributed by atoms with Crippen LogP contribution < -0.4 is 9.64 Å². The van der Waals surface area contributed by atoms with Crippen molar-refractivity contribution < 1.29 is 9.15 Å². The Morgan fingerprint density at radius 3 is 2.69 bits per heavy atom. The summed E-state index contributed by atoms with van der Waals surface area (Å²) in [4.78, 5) is 19.4. The number of nitrogens with one attached hydrogen (secondary N) is 1. The second-order valence-corrected chi connectivity index (χ2v) is 7.37. The lowest BCUT2D eigenvalue weighted by Gasteiger charge is -2.29. The van der Waals surface area contributed by atoms with Crippen LogP contribution in [-0.2, 0) is 0 Å². The van der Waals surface area contributed by atoms with Gasteiger partial charge in [-0.1, -0.05) is 0 Å². The smallest absolute Gasteiger partial charge is 0.198 e. The van der Waals surface area contributed by atoms with E-state index < -0.39 is 0 Å². The van der Waals surface area contributed by atoms with Crippen LogP contribution in [0.5, 0.6) is 5.75 Å². The molecule has 0 aliphatic carbocycles. The van der Waals surface area contributed by atoms with E-state index in [1.54, 1.807) is 13.4 Å². The first-order chi connectivity index (χ1) is 14.2. The molecule has 3 aromatic heterocycles. The van der Waals surface area contributed by atoms with E-state index in [1.807, 2.05) is 25.1 Å². The molecule has 1 N–H and O–H groups in total. The third-order valence-corrected chi connectivity index (χ3v) is 5.37. The topological polar surface area (TPSA) is 80.1 Å². The number of H-pyrrole nitrogens is 1. The molecule has 0 atom stereocenters. The number of ether oxygens (including phenoxy) is 1. The molecule has 7 nitrogen and oxygen atoms in total. The maximum absolute atomic E-state index is 5.75. The molecule has 1 aliphatic rings. The minimum absolute atomic E-state index is 0.523. The number of methoxy groups -OCH3 is 1. The highest BCUT2D eigenvalue weighted by atomic mass is 16.5. The van der Waals surface area contributed by atoms with Gasteiger partial charge < -0.3 is 19.0 Å². The highest BCUT2D eigenvalue weighted by Crippen LogP contribution is 2.34. The van der Waals surface area contributed by atoms with Crippen molar-refractivity contribution in [1.29, 1.82) is 0 Å². The van der Waals surface area contributed by atoms with E-state index in [4.69, 9.17) is 14.1 Å². The van der Waals surface area contributed by atoms with Crippen LogP contribution in [0.2, 0.25) is 0 Å². The lowest BCUT2D eigenvalue weighted by molar-refractivity contribution is 0.415. The predicted molar refractivity (Wildman–Crippen MR) is 112 cm³/mol. The monoisotopic (exact) mass is 389 g/mol. The summed E-state index contributed by atoms with van der Waals surface area (Å²) in [6, 6.07) is 10.1. The third kappa shape index (κ3) is 3.33. The number of hydrogen-bond donors (Lipinski definition) is 1. The van der Waals surface area contributed by atoms with Crippen LogP contribution in [-0.4, -0.2) is 40.1 Å². The van der Waals surface area contributed by atoms with Crippen LogP contribution >= 0.6 is 0 Å². The summed E-state index contributed by atoms with van der Waals surface area (Å²) in [5, 5.41) is 0. The van der Waals surface area contributed by atoms with Crippen LogP contribution in [0.3, 0.4) is 0 Å². The molecular weight excluding hydrogens is 366 g/mol. The van der Waals surface area contributed by atoms with Crippen molar-refractivity contribution in [3.8, 4) is 28.6 Å². The van der Waals surface area contributed by atoms with Crippen molar-refractivity contribution in [1.82, 2.24) is 19.9 Å². The SMILES string of the molecule is COc1cc(-c2nc(-c3ccc(C)o3)nc3nc[nH]c23)cc(N2CCCCC2)c1. The summed E-state index contributed by atoms with van der Waals surface area (Å²) in [5.41, 5.74) is 4.32. The Bertz CT molecular complexity index is 1160. The molecule has 1 saturated heterocycles. The first-order valence-corrected chi connectivity index (χ1v) is 9.93. The van der Waals surface area contributed by atoms with Crippen LogP contribution in [0.15, 0.2) is 41.1 Å². The maximum Gasteiger partial charge on any atom is 0.198 e. The molecule has 0 unspecified atom stereocenters. The van der Waals surface area contributed by atoms with Gasteiger partial charge in [-0.25, -0.2) is 15.0 Å². The largest absolute Gasteiger partial charge is 0.497 e. The van der Waals surface area contributed by atoms with Crippen LogP contribution in [0.1, 0.15) is 25.0 Å². The molecule has 0 amide bonds. The average Bonchev–Trinajstić information content (AvgIpc) is 3.42. The van der Waals surface area contributed by atoms with Crippen LogP contribution in [0.4, 0.5) is 5.69 Å². The number of anilines is 1. The molecular formula is C22H23N5O2. The normalized spacial score (nSPS) is 14.5. The van der Waals surface area contributed by atoms with Crippen LogP contribution in [0, 0.1) is 6.92 Å². The number of nitrogens with zero attached hydrogens (tertiary/aromatic N) is 4. The third-order valence-electron chi connectivity index (χ3n) is 5.37. The van der Waals surface area contributed by atoms with Gasteiger partial charge in [0.2, 0.25) is 0 Å². The molecule has 1 aliphatic heterocycles. The van der Waals surface area contributed by atoms with Gasteiger partial charge in [-0.2, -0.15) is 0 Å². The van der Waals surface area contributed by atoms with Crippen molar-refractivity contribution in [2.75, 3.05) is 25.1 Å². The molecule has 29 heavy (non-hydrogen) atoms. The van der Waals surface area contributed by atoms with Crippen LogP contribution in [0.25, 0.3) is 34.0 Å². The zero-order chi connectivity index (χ0) is 19.8. The second-order valence-electron chi connectivity index (χ2n) is 7.37. The highest BCUT2D eigenvalue weighted by Gasteiger charge is 2.18. The molecule has 4 heterocycles. The molecule has 5 rings (SSSR count). The fourth-order valence-electron chi connectivity index (χ4n) is 3.88. The first-order valence-electron chi connectivity index (χ1n) is 9.93. The number of aromatic amines is 1. The zero-order valence-electron chi connectivity index (χ0n) is 16.6. The lowest BCUT2D eigenvalue weighted by Crippen LogP contribution is -2.29. The Kier molecular flexibility index (Phi) is 4.42. The number of aryl methyl sites for hydroxylation is 1. The quantitative estimate of drug-likeness (QED) is 0.550.